The van der Waals surface area contributed by atoms with Crippen molar-refractivity contribution in [2.75, 3.05) is 0 Å². The fourth-order valence-electron chi connectivity index (χ4n) is 3.29. The van der Waals surface area contributed by atoms with Crippen LogP contribution in [-0.4, -0.2) is 17.9 Å². The van der Waals surface area contributed by atoms with Gasteiger partial charge >= 0.3 is 0 Å². The summed E-state index contributed by atoms with van der Waals surface area (Å²) in [6.07, 6.45) is 3.47. The van der Waals surface area contributed by atoms with Gasteiger partial charge in [-0.25, -0.2) is 0 Å². The molecule has 1 aliphatic carbocycles. The minimum Gasteiger partial charge on any atom is -0.299 e. The van der Waals surface area contributed by atoms with Crippen LogP contribution in [0.15, 0.2) is 35.9 Å². The zero-order chi connectivity index (χ0) is 15.6. The maximum Gasteiger partial charge on any atom is 0.146 e. The van der Waals surface area contributed by atoms with Gasteiger partial charge in [-0.15, -0.1) is 0 Å². The van der Waals surface area contributed by atoms with E-state index in [-0.39, 0.29) is 11.6 Å². The molecule has 3 nitrogen and oxygen atoms in total. The van der Waals surface area contributed by atoms with Gasteiger partial charge in [0.15, 0.2) is 0 Å². The van der Waals surface area contributed by atoms with Gasteiger partial charge in [-0.2, -0.15) is 0 Å². The minimum atomic E-state index is -1.20. The van der Waals surface area contributed by atoms with Gasteiger partial charge in [-0.3, -0.25) is 14.4 Å². The van der Waals surface area contributed by atoms with Crippen LogP contribution in [0.3, 0.4) is 0 Å². The Morgan fingerprint density at radius 2 is 1.86 bits per heavy atom. The van der Waals surface area contributed by atoms with Crippen molar-refractivity contribution in [3.63, 3.8) is 0 Å². The van der Waals surface area contributed by atoms with Gasteiger partial charge in [0.25, 0.3) is 0 Å². The third-order valence-electron chi connectivity index (χ3n) is 4.35. The summed E-state index contributed by atoms with van der Waals surface area (Å²) in [5.74, 6) is -1.04. The van der Waals surface area contributed by atoms with Crippen molar-refractivity contribution in [1.82, 2.24) is 0 Å². The van der Waals surface area contributed by atoms with Crippen LogP contribution in [0.4, 0.5) is 0 Å². The quantitative estimate of drug-likeness (QED) is 0.632. The summed E-state index contributed by atoms with van der Waals surface area (Å²) in [4.78, 5) is 36.1. The second-order valence-electron chi connectivity index (χ2n) is 5.40. The van der Waals surface area contributed by atoms with E-state index in [4.69, 9.17) is 11.6 Å². The standard InChI is InChI=1S/C17H17ClO3/c1-11(20)17(12(2)21)9-5-6-13(10-19)16(17)14-7-3-4-8-15(14)18/h3-4,6-8,10,16H,5,9H2,1-2H3/t16-/m0/s1. The molecule has 0 aliphatic heterocycles. The first-order valence-electron chi connectivity index (χ1n) is 6.87. The Bertz CT molecular complexity index is 617. The first kappa shape index (κ1) is 15.6. The molecule has 0 unspecified atom stereocenters. The smallest absolute Gasteiger partial charge is 0.146 e. The molecule has 0 amide bonds. The zero-order valence-electron chi connectivity index (χ0n) is 12.1. The number of Topliss-reactive ketones (excluding diaryl/α,β-unsaturated/α-hetero) is 2. The van der Waals surface area contributed by atoms with Crippen molar-refractivity contribution < 1.29 is 14.4 Å². The van der Waals surface area contributed by atoms with Crippen molar-refractivity contribution in [3.05, 3.63) is 46.5 Å². The molecule has 0 N–H and O–H groups in total. The lowest BCUT2D eigenvalue weighted by atomic mass is 9.59. The van der Waals surface area contributed by atoms with Crippen LogP contribution >= 0.6 is 11.6 Å². The molecule has 0 saturated carbocycles. The summed E-state index contributed by atoms with van der Waals surface area (Å²) in [5.41, 5.74) is -0.0851. The van der Waals surface area contributed by atoms with Gasteiger partial charge in [-0.05, 0) is 43.9 Å². The number of ketones is 2. The molecule has 0 fully saturated rings. The SMILES string of the molecule is CC(=O)C1(C(C)=O)CCC=C(C=O)[C@H]1c1ccccc1Cl. The first-order valence-corrected chi connectivity index (χ1v) is 7.24. The number of carbonyl (C=O) groups is 3. The lowest BCUT2D eigenvalue weighted by Crippen LogP contribution is -2.45. The molecule has 0 spiro atoms. The molecular weight excluding hydrogens is 288 g/mol. The second-order valence-corrected chi connectivity index (χ2v) is 5.81. The highest BCUT2D eigenvalue weighted by Gasteiger charge is 2.51. The molecule has 0 radical (unpaired) electrons. The molecule has 1 atom stereocenters. The fourth-order valence-corrected chi connectivity index (χ4v) is 3.53. The van der Waals surface area contributed by atoms with Gasteiger partial charge in [0, 0.05) is 10.9 Å². The summed E-state index contributed by atoms with van der Waals surface area (Å²) >= 11 is 6.25. The fraction of sp³-hybridized carbons (Fsp3) is 0.353. The summed E-state index contributed by atoms with van der Waals surface area (Å²) in [6, 6.07) is 7.06. The normalized spacial score (nSPS) is 20.5. The molecule has 1 aromatic rings. The van der Waals surface area contributed by atoms with E-state index < -0.39 is 11.3 Å². The molecule has 21 heavy (non-hydrogen) atoms. The van der Waals surface area contributed by atoms with Gasteiger partial charge in [0.2, 0.25) is 0 Å². The van der Waals surface area contributed by atoms with Crippen LogP contribution < -0.4 is 0 Å². The molecule has 110 valence electrons. The van der Waals surface area contributed by atoms with Gasteiger partial charge in [-0.1, -0.05) is 35.9 Å². The van der Waals surface area contributed by atoms with Gasteiger partial charge in [0.05, 0.1) is 5.41 Å². The number of allylic oxidation sites excluding steroid dienone is 2. The Labute approximate surface area is 129 Å². The largest absolute Gasteiger partial charge is 0.299 e. The van der Waals surface area contributed by atoms with Crippen LogP contribution in [0.1, 0.15) is 38.2 Å². The topological polar surface area (TPSA) is 51.2 Å². The second kappa shape index (κ2) is 5.94. The highest BCUT2D eigenvalue weighted by molar-refractivity contribution is 6.31. The number of rotatable bonds is 4. The van der Waals surface area contributed by atoms with Crippen LogP contribution in [-0.2, 0) is 14.4 Å². The van der Waals surface area contributed by atoms with Gasteiger partial charge < -0.3 is 0 Å². The van der Waals surface area contributed by atoms with E-state index in [1.807, 2.05) is 0 Å². The maximum atomic E-state index is 12.3. The molecule has 1 aliphatic rings. The minimum absolute atomic E-state index is 0.215. The number of hydrogen-bond donors (Lipinski definition) is 0. The Morgan fingerprint density at radius 3 is 2.38 bits per heavy atom. The molecule has 4 heteroatoms. The molecule has 1 aromatic carbocycles. The van der Waals surface area contributed by atoms with Crippen molar-refractivity contribution >= 4 is 29.5 Å². The van der Waals surface area contributed by atoms with Crippen molar-refractivity contribution in [3.8, 4) is 0 Å². The lowest BCUT2D eigenvalue weighted by molar-refractivity contribution is -0.140. The third kappa shape index (κ3) is 2.46. The monoisotopic (exact) mass is 304 g/mol. The van der Waals surface area contributed by atoms with Crippen molar-refractivity contribution in [2.45, 2.75) is 32.6 Å². The average molecular weight is 305 g/mol. The van der Waals surface area contributed by atoms with E-state index in [9.17, 15) is 14.4 Å². The van der Waals surface area contributed by atoms with E-state index in [2.05, 4.69) is 0 Å². The Kier molecular flexibility index (Phi) is 4.43. The van der Waals surface area contributed by atoms with Crippen LogP contribution in [0.2, 0.25) is 5.02 Å². The third-order valence-corrected chi connectivity index (χ3v) is 4.70. The number of halogens is 1. The van der Waals surface area contributed by atoms with E-state index in [0.717, 1.165) is 6.29 Å². The molecule has 2 rings (SSSR count). The highest BCUT2D eigenvalue weighted by Crippen LogP contribution is 2.50. The summed E-state index contributed by atoms with van der Waals surface area (Å²) in [7, 11) is 0. The highest BCUT2D eigenvalue weighted by atomic mass is 35.5. The van der Waals surface area contributed by atoms with E-state index in [1.165, 1.54) is 13.8 Å². The number of benzene rings is 1. The molecular formula is C17H17ClO3. The van der Waals surface area contributed by atoms with Crippen LogP contribution in [0.5, 0.6) is 0 Å². The first-order chi connectivity index (χ1) is 9.95. The Morgan fingerprint density at radius 1 is 1.24 bits per heavy atom. The molecule has 0 aromatic heterocycles. The molecule has 0 saturated heterocycles. The van der Waals surface area contributed by atoms with Crippen LogP contribution in [0.25, 0.3) is 0 Å². The molecule has 0 heterocycles. The number of aldehydes is 1. The van der Waals surface area contributed by atoms with E-state index >= 15 is 0 Å². The van der Waals surface area contributed by atoms with Crippen molar-refractivity contribution in [2.24, 2.45) is 5.41 Å². The van der Waals surface area contributed by atoms with E-state index in [1.54, 1.807) is 30.3 Å². The summed E-state index contributed by atoms with van der Waals surface area (Å²) in [6.45, 7) is 2.83. The number of carbonyl (C=O) groups excluding carboxylic acids is 3. The van der Waals surface area contributed by atoms with Crippen molar-refractivity contribution in [1.29, 1.82) is 0 Å². The average Bonchev–Trinajstić information content (AvgIpc) is 2.46. The van der Waals surface area contributed by atoms with Crippen LogP contribution in [0, 0.1) is 5.41 Å². The Hall–Kier alpha value is -1.74. The zero-order valence-corrected chi connectivity index (χ0v) is 12.8. The summed E-state index contributed by atoms with van der Waals surface area (Å²) in [5, 5.41) is 0.462. The lowest BCUT2D eigenvalue weighted by Gasteiger charge is -2.40. The Balaban J connectivity index is 2.74. The maximum absolute atomic E-state index is 12.3. The number of hydrogen-bond acceptors (Lipinski definition) is 3. The molecule has 0 bridgehead atoms. The summed E-state index contributed by atoms with van der Waals surface area (Å²) < 4.78 is 0. The van der Waals surface area contributed by atoms with E-state index in [0.29, 0.717) is 29.0 Å². The predicted molar refractivity (Wildman–Crippen MR) is 81.4 cm³/mol. The predicted octanol–water partition coefficient (Wildman–Crippen LogP) is 3.51. The van der Waals surface area contributed by atoms with Gasteiger partial charge in [0.1, 0.15) is 17.9 Å².